The highest BCUT2D eigenvalue weighted by Crippen LogP contribution is 2.05. The highest BCUT2D eigenvalue weighted by molar-refractivity contribution is 7.30. The number of rotatable bonds is 4. The topological polar surface area (TPSA) is 84.6 Å². The van der Waals surface area contributed by atoms with E-state index in [0.717, 1.165) is 0 Å². The molecule has 1 unspecified atom stereocenters. The molecule has 11 heavy (non-hydrogen) atoms. The Kier molecular flexibility index (Phi) is 15.5. The minimum Gasteiger partial charge on any atom is -0.566 e. The molecule has 0 radical (unpaired) electrons. The normalized spacial score (nSPS) is 10.0. The van der Waals surface area contributed by atoms with E-state index in [9.17, 15) is 9.46 Å². The number of nitrogens with two attached hydrogens (primary N) is 1. The molecule has 0 fully saturated rings. The van der Waals surface area contributed by atoms with Crippen LogP contribution in [0.5, 0.6) is 0 Å². The first-order valence-corrected chi connectivity index (χ1v) is 4.37. The zero-order valence-corrected chi connectivity index (χ0v) is 7.67. The molecule has 0 spiro atoms. The lowest BCUT2D eigenvalue weighted by molar-refractivity contribution is -0.193. The van der Waals surface area contributed by atoms with Crippen LogP contribution in [0.15, 0.2) is 0 Å². The fourth-order valence-electron chi connectivity index (χ4n) is 0.0735. The molecule has 0 aromatic carbocycles. The molecule has 68 valence electrons. The van der Waals surface area contributed by atoms with Crippen molar-refractivity contribution < 1.29 is 18.8 Å². The predicted octanol–water partition coefficient (Wildman–Crippen LogP) is 0.675. The molecule has 0 bridgehead atoms. The summed E-state index contributed by atoms with van der Waals surface area (Å²) in [6, 6.07) is 0. The van der Waals surface area contributed by atoms with Crippen LogP contribution in [0.3, 0.4) is 0 Å². The molecule has 0 saturated carbocycles. The van der Waals surface area contributed by atoms with Gasteiger partial charge in [0.2, 0.25) is 6.79 Å². The van der Waals surface area contributed by atoms with E-state index in [1.165, 1.54) is 12.8 Å². The van der Waals surface area contributed by atoms with Crippen molar-refractivity contribution in [2.75, 3.05) is 6.79 Å². The van der Waals surface area contributed by atoms with Gasteiger partial charge in [0.05, 0.1) is 0 Å². The van der Waals surface area contributed by atoms with E-state index >= 15 is 0 Å². The van der Waals surface area contributed by atoms with Crippen molar-refractivity contribution in [2.45, 2.75) is 26.7 Å². The zero-order chi connectivity index (χ0) is 9.11. The molecular formula is C5H14NO4P. The average Bonchev–Trinajstić information content (AvgIpc) is 2.01. The quantitative estimate of drug-likeness (QED) is 0.393. The van der Waals surface area contributed by atoms with Crippen LogP contribution in [-0.2, 0) is 13.9 Å². The Balaban J connectivity index is 0. The minimum absolute atomic E-state index is 0.418. The second-order valence-electron chi connectivity index (χ2n) is 1.64. The van der Waals surface area contributed by atoms with Crippen molar-refractivity contribution in [1.82, 2.24) is 0 Å². The summed E-state index contributed by atoms with van der Waals surface area (Å²) < 4.78 is 13.2. The second kappa shape index (κ2) is 12.6. The van der Waals surface area contributed by atoms with Crippen molar-refractivity contribution in [2.24, 2.45) is 5.90 Å². The van der Waals surface area contributed by atoms with Crippen LogP contribution in [0.2, 0.25) is 0 Å². The van der Waals surface area contributed by atoms with E-state index in [2.05, 4.69) is 29.1 Å². The van der Waals surface area contributed by atoms with Gasteiger partial charge in [0.25, 0.3) is 0 Å². The Morgan fingerprint density at radius 3 is 2.00 bits per heavy atom. The van der Waals surface area contributed by atoms with Gasteiger partial charge >= 0.3 is 8.25 Å². The first kappa shape index (κ1) is 13.5. The molecule has 0 aliphatic heterocycles. The molecular weight excluding hydrogens is 169 g/mol. The molecule has 0 rings (SSSR count). The maximum absolute atomic E-state index is 9.44. The largest absolute Gasteiger partial charge is 0.566 e. The van der Waals surface area contributed by atoms with Gasteiger partial charge in [-0.25, -0.2) is 5.90 Å². The van der Waals surface area contributed by atoms with Crippen molar-refractivity contribution >= 4 is 8.25 Å². The van der Waals surface area contributed by atoms with Gasteiger partial charge in [0.1, 0.15) is 0 Å². The summed E-state index contributed by atoms with van der Waals surface area (Å²) in [5.74, 6) is 4.38. The Morgan fingerprint density at radius 1 is 1.45 bits per heavy atom. The first-order valence-electron chi connectivity index (χ1n) is 3.27. The van der Waals surface area contributed by atoms with E-state index < -0.39 is 15.0 Å². The fraction of sp³-hybridized carbons (Fsp3) is 1.00. The van der Waals surface area contributed by atoms with E-state index in [4.69, 9.17) is 0 Å². The number of hydrogen-bond acceptors (Lipinski definition) is 5. The predicted molar refractivity (Wildman–Crippen MR) is 39.4 cm³/mol. The van der Waals surface area contributed by atoms with Crippen molar-refractivity contribution in [3.8, 4) is 0 Å². The maximum atomic E-state index is 9.44. The zero-order valence-electron chi connectivity index (χ0n) is 6.78. The third-order valence-electron chi connectivity index (χ3n) is 0.726. The molecule has 0 aliphatic rings. The Morgan fingerprint density at radius 2 is 1.91 bits per heavy atom. The third-order valence-corrected chi connectivity index (χ3v) is 1.04. The van der Waals surface area contributed by atoms with Gasteiger partial charge < -0.3 is 4.89 Å². The van der Waals surface area contributed by atoms with Crippen LogP contribution < -0.4 is 10.8 Å². The van der Waals surface area contributed by atoms with Gasteiger partial charge in [-0.2, -0.15) is 0 Å². The average molecular weight is 183 g/mol. The van der Waals surface area contributed by atoms with Crippen LogP contribution in [-0.4, -0.2) is 6.79 Å². The van der Waals surface area contributed by atoms with Gasteiger partial charge in [-0.15, -0.1) is 4.52 Å². The van der Waals surface area contributed by atoms with Crippen molar-refractivity contribution in [3.63, 3.8) is 0 Å². The number of hydrogen-bond donors (Lipinski definition) is 1. The van der Waals surface area contributed by atoms with Crippen LogP contribution in [0.25, 0.3) is 0 Å². The molecule has 2 N–H and O–H groups in total. The Hall–Kier alpha value is -0.0600. The molecule has 6 heteroatoms. The van der Waals surface area contributed by atoms with Gasteiger partial charge in [-0.1, -0.05) is 26.7 Å². The summed E-state index contributed by atoms with van der Waals surface area (Å²) in [6.45, 7) is 3.94. The molecule has 5 nitrogen and oxygen atoms in total. The first-order chi connectivity index (χ1) is 5.18. The van der Waals surface area contributed by atoms with Crippen molar-refractivity contribution in [1.29, 1.82) is 0 Å². The van der Waals surface area contributed by atoms with E-state index in [0.29, 0.717) is 0 Å². The molecule has 0 amide bonds. The fourth-order valence-corrected chi connectivity index (χ4v) is 0.220. The lowest BCUT2D eigenvalue weighted by atomic mass is 10.4. The van der Waals surface area contributed by atoms with Crippen molar-refractivity contribution in [3.05, 3.63) is 0 Å². The summed E-state index contributed by atoms with van der Waals surface area (Å²) in [5, 5.41) is 0. The van der Waals surface area contributed by atoms with Gasteiger partial charge in [-0.3, -0.25) is 4.84 Å². The molecule has 0 aromatic rings. The molecule has 0 aliphatic carbocycles. The molecule has 0 heterocycles. The van der Waals surface area contributed by atoms with Gasteiger partial charge in [-0.05, 0) is 4.57 Å². The van der Waals surface area contributed by atoms with Gasteiger partial charge in [0.15, 0.2) is 0 Å². The molecule has 0 aromatic heterocycles. The summed E-state index contributed by atoms with van der Waals surface area (Å²) in [6.07, 6.45) is 2.64. The second-order valence-corrected chi connectivity index (χ2v) is 2.34. The number of unbranched alkanes of at least 4 members (excludes halogenated alkanes) is 1. The molecule has 1 atom stereocenters. The van der Waals surface area contributed by atoms with Gasteiger partial charge in [0, 0.05) is 0 Å². The minimum atomic E-state index is -2.81. The Bertz CT molecular complexity index is 88.6. The monoisotopic (exact) mass is 183 g/mol. The summed E-state index contributed by atoms with van der Waals surface area (Å²) in [7, 11) is -2.81. The lowest BCUT2D eigenvalue weighted by Gasteiger charge is -1.85. The van der Waals surface area contributed by atoms with Crippen LogP contribution in [0, 0.1) is 0 Å². The van der Waals surface area contributed by atoms with E-state index in [1.54, 1.807) is 0 Å². The van der Waals surface area contributed by atoms with Crippen LogP contribution >= 0.6 is 8.25 Å². The lowest BCUT2D eigenvalue weighted by Crippen LogP contribution is -2.03. The highest BCUT2D eigenvalue weighted by atomic mass is 31.1. The summed E-state index contributed by atoms with van der Waals surface area (Å²) in [4.78, 5) is 13.2. The molecule has 0 saturated heterocycles. The van der Waals surface area contributed by atoms with E-state index in [1.807, 2.05) is 0 Å². The standard InChI is InChI=1S/C4H10.CH4NO4P/c1-3-4-2;2-5-1-6-7(3)4/h3-4H2,1-2H3;1-2H2. The maximum Gasteiger partial charge on any atom is 0.490 e. The third kappa shape index (κ3) is 25.7. The SMILES string of the molecule is CCCC.NOCO[P+](=O)[O-]. The van der Waals surface area contributed by atoms with Crippen LogP contribution in [0.4, 0.5) is 0 Å². The smallest absolute Gasteiger partial charge is 0.490 e. The Labute approximate surface area is 67.4 Å². The van der Waals surface area contributed by atoms with Crippen LogP contribution in [0.1, 0.15) is 26.7 Å². The summed E-state index contributed by atoms with van der Waals surface area (Å²) in [5.41, 5.74) is 0. The highest BCUT2D eigenvalue weighted by Gasteiger charge is 1.96. The summed E-state index contributed by atoms with van der Waals surface area (Å²) >= 11 is 0. The van der Waals surface area contributed by atoms with E-state index in [-0.39, 0.29) is 0 Å².